The van der Waals surface area contributed by atoms with Gasteiger partial charge in [0.2, 0.25) is 0 Å². The molecule has 0 bridgehead atoms. The maximum absolute atomic E-state index is 13.2. The maximum Gasteiger partial charge on any atom is 0.328 e. The summed E-state index contributed by atoms with van der Waals surface area (Å²) < 4.78 is 31.2. The molecule has 0 aromatic heterocycles. The Morgan fingerprint density at radius 3 is 2.67 bits per heavy atom. The number of alkyl halides is 2. The van der Waals surface area contributed by atoms with Gasteiger partial charge < -0.3 is 4.74 Å². The predicted molar refractivity (Wildman–Crippen MR) is 42.2 cm³/mol. The highest BCUT2D eigenvalue weighted by atomic mass is 19.3. The van der Waals surface area contributed by atoms with Crippen LogP contribution in [0.4, 0.5) is 8.78 Å². The van der Waals surface area contributed by atoms with Crippen LogP contribution in [0.5, 0.6) is 0 Å². The summed E-state index contributed by atoms with van der Waals surface area (Å²) in [6.07, 6.45) is 0.688. The molecule has 0 amide bonds. The first-order valence-electron chi connectivity index (χ1n) is 4.26. The van der Waals surface area contributed by atoms with Crippen LogP contribution in [0.2, 0.25) is 0 Å². The SMILES string of the molecule is CC(C)N1CCCOCC1(F)F. The number of hydrogen-bond acceptors (Lipinski definition) is 2. The molecule has 1 aliphatic rings. The molecule has 2 nitrogen and oxygen atoms in total. The molecule has 0 radical (unpaired) electrons. The van der Waals surface area contributed by atoms with Crippen molar-refractivity contribution in [2.45, 2.75) is 32.4 Å². The lowest BCUT2D eigenvalue weighted by Gasteiger charge is -2.31. The third-order valence-electron chi connectivity index (χ3n) is 2.01. The molecule has 1 saturated heterocycles. The molecule has 4 heteroatoms. The average molecular weight is 179 g/mol. The first kappa shape index (κ1) is 9.86. The monoisotopic (exact) mass is 179 g/mol. The minimum Gasteiger partial charge on any atom is -0.374 e. The highest BCUT2D eigenvalue weighted by molar-refractivity contribution is 4.75. The third-order valence-corrected chi connectivity index (χ3v) is 2.01. The summed E-state index contributed by atoms with van der Waals surface area (Å²) in [6.45, 7) is 3.95. The maximum atomic E-state index is 13.2. The Kier molecular flexibility index (Phi) is 3.01. The van der Waals surface area contributed by atoms with E-state index in [4.69, 9.17) is 4.74 Å². The summed E-state index contributed by atoms with van der Waals surface area (Å²) in [5.41, 5.74) is 0. The van der Waals surface area contributed by atoms with Crippen LogP contribution in [-0.2, 0) is 4.74 Å². The standard InChI is InChI=1S/C8H15F2NO/c1-7(2)11-4-3-5-12-6-8(11,9)10/h7H,3-6H2,1-2H3. The van der Waals surface area contributed by atoms with E-state index in [1.807, 2.05) is 0 Å². The summed E-state index contributed by atoms with van der Waals surface area (Å²) in [7, 11) is 0. The molecule has 0 N–H and O–H groups in total. The molecule has 0 aromatic carbocycles. The zero-order chi connectivity index (χ0) is 9.19. The highest BCUT2D eigenvalue weighted by Crippen LogP contribution is 2.25. The van der Waals surface area contributed by atoms with Crippen LogP contribution in [0.15, 0.2) is 0 Å². The van der Waals surface area contributed by atoms with E-state index in [0.29, 0.717) is 19.6 Å². The summed E-state index contributed by atoms with van der Waals surface area (Å²) in [4.78, 5) is 1.19. The molecule has 0 unspecified atom stereocenters. The lowest BCUT2D eigenvalue weighted by Crippen LogP contribution is -2.47. The van der Waals surface area contributed by atoms with Crippen molar-refractivity contribution in [3.05, 3.63) is 0 Å². The Hall–Kier alpha value is -0.220. The average Bonchev–Trinajstić information content (AvgIpc) is 2.09. The van der Waals surface area contributed by atoms with Crippen molar-refractivity contribution in [3.63, 3.8) is 0 Å². The number of hydrogen-bond donors (Lipinski definition) is 0. The van der Waals surface area contributed by atoms with Crippen molar-refractivity contribution >= 4 is 0 Å². The van der Waals surface area contributed by atoms with Crippen LogP contribution in [0.1, 0.15) is 20.3 Å². The molecule has 0 aromatic rings. The third kappa shape index (κ3) is 2.14. The zero-order valence-electron chi connectivity index (χ0n) is 7.52. The highest BCUT2D eigenvalue weighted by Gasteiger charge is 2.39. The lowest BCUT2D eigenvalue weighted by molar-refractivity contribution is -0.181. The van der Waals surface area contributed by atoms with Crippen molar-refractivity contribution in [1.82, 2.24) is 4.90 Å². The van der Waals surface area contributed by atoms with Crippen LogP contribution >= 0.6 is 0 Å². The molecule has 1 heterocycles. The van der Waals surface area contributed by atoms with Crippen LogP contribution < -0.4 is 0 Å². The van der Waals surface area contributed by atoms with Gasteiger partial charge in [0.25, 0.3) is 0 Å². The van der Waals surface area contributed by atoms with E-state index in [0.717, 1.165) is 0 Å². The van der Waals surface area contributed by atoms with Gasteiger partial charge in [0.05, 0.1) is 0 Å². The normalized spacial score (nSPS) is 25.8. The van der Waals surface area contributed by atoms with Crippen molar-refractivity contribution in [2.24, 2.45) is 0 Å². The molecule has 72 valence electrons. The second kappa shape index (κ2) is 3.66. The Morgan fingerprint density at radius 2 is 2.08 bits per heavy atom. The Bertz CT molecular complexity index is 150. The molecule has 12 heavy (non-hydrogen) atoms. The van der Waals surface area contributed by atoms with E-state index in [-0.39, 0.29) is 6.04 Å². The smallest absolute Gasteiger partial charge is 0.328 e. The number of rotatable bonds is 1. The van der Waals surface area contributed by atoms with Gasteiger partial charge in [-0.1, -0.05) is 0 Å². The topological polar surface area (TPSA) is 12.5 Å². The molecule has 0 saturated carbocycles. The molecular formula is C8H15F2NO. The van der Waals surface area contributed by atoms with Gasteiger partial charge in [-0.25, -0.2) is 4.90 Å². The van der Waals surface area contributed by atoms with Gasteiger partial charge in [0, 0.05) is 19.2 Å². The van der Waals surface area contributed by atoms with Crippen molar-refractivity contribution in [2.75, 3.05) is 19.8 Å². The quantitative estimate of drug-likeness (QED) is 0.568. The number of nitrogens with zero attached hydrogens (tertiary/aromatic N) is 1. The molecule has 1 aliphatic heterocycles. The molecular weight excluding hydrogens is 164 g/mol. The largest absolute Gasteiger partial charge is 0.374 e. The zero-order valence-corrected chi connectivity index (χ0v) is 7.52. The molecule has 0 atom stereocenters. The van der Waals surface area contributed by atoms with Gasteiger partial charge in [0.1, 0.15) is 6.61 Å². The molecule has 0 aliphatic carbocycles. The van der Waals surface area contributed by atoms with Crippen LogP contribution in [0, 0.1) is 0 Å². The van der Waals surface area contributed by atoms with Crippen molar-refractivity contribution in [3.8, 4) is 0 Å². The Morgan fingerprint density at radius 1 is 1.42 bits per heavy atom. The van der Waals surface area contributed by atoms with E-state index >= 15 is 0 Å². The van der Waals surface area contributed by atoms with Crippen molar-refractivity contribution < 1.29 is 13.5 Å². The minimum atomic E-state index is -2.79. The fraction of sp³-hybridized carbons (Fsp3) is 1.00. The summed E-state index contributed by atoms with van der Waals surface area (Å²) >= 11 is 0. The molecule has 1 fully saturated rings. The lowest BCUT2D eigenvalue weighted by atomic mass is 10.3. The summed E-state index contributed by atoms with van der Waals surface area (Å²) in [6, 6.07) is -2.91. The van der Waals surface area contributed by atoms with Gasteiger partial charge in [-0.2, -0.15) is 8.78 Å². The molecule has 0 spiro atoms. The van der Waals surface area contributed by atoms with Crippen LogP contribution in [0.3, 0.4) is 0 Å². The van der Waals surface area contributed by atoms with Gasteiger partial charge in [-0.15, -0.1) is 0 Å². The second-order valence-electron chi connectivity index (χ2n) is 3.36. The second-order valence-corrected chi connectivity index (χ2v) is 3.36. The first-order chi connectivity index (χ1) is 5.54. The fourth-order valence-electron chi connectivity index (χ4n) is 1.41. The van der Waals surface area contributed by atoms with Crippen LogP contribution in [-0.4, -0.2) is 36.7 Å². The molecule has 1 rings (SSSR count). The first-order valence-corrected chi connectivity index (χ1v) is 4.26. The van der Waals surface area contributed by atoms with E-state index < -0.39 is 12.7 Å². The minimum absolute atomic E-state index is 0.123. The van der Waals surface area contributed by atoms with Gasteiger partial charge in [0.15, 0.2) is 0 Å². The Labute approximate surface area is 71.5 Å². The fourth-order valence-corrected chi connectivity index (χ4v) is 1.41. The Balaban J connectivity index is 2.65. The number of halogens is 2. The van der Waals surface area contributed by atoms with E-state index in [9.17, 15) is 8.78 Å². The van der Waals surface area contributed by atoms with E-state index in [2.05, 4.69) is 0 Å². The van der Waals surface area contributed by atoms with Gasteiger partial charge in [-0.05, 0) is 20.3 Å². The summed E-state index contributed by atoms with van der Waals surface area (Å²) in [5.74, 6) is 0. The number of ether oxygens (including phenoxy) is 1. The van der Waals surface area contributed by atoms with Crippen LogP contribution in [0.25, 0.3) is 0 Å². The van der Waals surface area contributed by atoms with Gasteiger partial charge in [-0.3, -0.25) is 0 Å². The van der Waals surface area contributed by atoms with Crippen molar-refractivity contribution in [1.29, 1.82) is 0 Å². The van der Waals surface area contributed by atoms with Gasteiger partial charge >= 0.3 is 6.05 Å². The predicted octanol–water partition coefficient (Wildman–Crippen LogP) is 1.71. The summed E-state index contributed by atoms with van der Waals surface area (Å²) in [5, 5.41) is 0. The van der Waals surface area contributed by atoms with E-state index in [1.165, 1.54) is 4.90 Å². The van der Waals surface area contributed by atoms with E-state index in [1.54, 1.807) is 13.8 Å².